The number of carbonyl (C=O) groups is 1. The van der Waals surface area contributed by atoms with Crippen LogP contribution in [0, 0.1) is 12.8 Å². The van der Waals surface area contributed by atoms with Crippen molar-refractivity contribution in [3.63, 3.8) is 0 Å². The standard InChI is InChI=1S/C19H20Cl3N3OS/c1-11-6-8-25(9-7-11)19(26)14-5-3-4-13(24-14)10-27-17-15(20)12(2)23-18(22)16(17)21/h3-5,11H,6-10H2,1-2H3. The SMILES string of the molecule is Cc1nc(Cl)c(Cl)c(SCc2cccc(C(=O)N3CCC(C)CC3)n2)c1Cl. The van der Waals surface area contributed by atoms with Crippen molar-refractivity contribution in [2.24, 2.45) is 5.92 Å². The molecule has 144 valence electrons. The Morgan fingerprint density at radius 3 is 2.59 bits per heavy atom. The Morgan fingerprint density at radius 2 is 1.89 bits per heavy atom. The van der Waals surface area contributed by atoms with Crippen LogP contribution in [0.3, 0.4) is 0 Å². The number of nitrogens with zero attached hydrogens (tertiary/aromatic N) is 3. The van der Waals surface area contributed by atoms with Crippen molar-refractivity contribution >= 4 is 52.5 Å². The van der Waals surface area contributed by atoms with E-state index in [4.69, 9.17) is 34.8 Å². The van der Waals surface area contributed by atoms with Gasteiger partial charge in [-0.3, -0.25) is 4.79 Å². The highest BCUT2D eigenvalue weighted by molar-refractivity contribution is 7.98. The largest absolute Gasteiger partial charge is 0.337 e. The first-order chi connectivity index (χ1) is 12.9. The van der Waals surface area contributed by atoms with Crippen molar-refractivity contribution in [2.75, 3.05) is 13.1 Å². The Balaban J connectivity index is 1.73. The van der Waals surface area contributed by atoms with Crippen LogP contribution in [0.1, 0.15) is 41.6 Å². The first-order valence-corrected chi connectivity index (χ1v) is 10.9. The van der Waals surface area contributed by atoms with Crippen LogP contribution in [0.4, 0.5) is 0 Å². The Morgan fingerprint density at radius 1 is 1.19 bits per heavy atom. The minimum Gasteiger partial charge on any atom is -0.337 e. The number of carbonyl (C=O) groups excluding carboxylic acids is 1. The van der Waals surface area contributed by atoms with E-state index in [1.165, 1.54) is 11.8 Å². The Bertz CT molecular complexity index is 828. The number of pyridine rings is 2. The molecule has 1 fully saturated rings. The van der Waals surface area contributed by atoms with Gasteiger partial charge in [-0.2, -0.15) is 0 Å². The molecule has 1 saturated heterocycles. The third kappa shape index (κ3) is 4.89. The first-order valence-electron chi connectivity index (χ1n) is 8.76. The van der Waals surface area contributed by atoms with E-state index in [1.807, 2.05) is 17.0 Å². The predicted molar refractivity (Wildman–Crippen MR) is 112 cm³/mol. The summed E-state index contributed by atoms with van der Waals surface area (Å²) >= 11 is 20.1. The molecule has 0 aliphatic carbocycles. The van der Waals surface area contributed by atoms with Crippen molar-refractivity contribution in [3.8, 4) is 0 Å². The molecule has 3 rings (SSSR count). The highest BCUT2D eigenvalue weighted by Gasteiger charge is 2.22. The number of aromatic nitrogens is 2. The van der Waals surface area contributed by atoms with Gasteiger partial charge in [-0.05, 0) is 37.8 Å². The van der Waals surface area contributed by atoms with Crippen LogP contribution >= 0.6 is 46.6 Å². The second-order valence-corrected chi connectivity index (χ2v) is 8.82. The summed E-state index contributed by atoms with van der Waals surface area (Å²) < 4.78 is 0. The van der Waals surface area contributed by atoms with Crippen molar-refractivity contribution in [3.05, 3.63) is 50.5 Å². The fourth-order valence-corrected chi connectivity index (χ4v) is 4.80. The van der Waals surface area contributed by atoms with Crippen LogP contribution in [0.5, 0.6) is 0 Å². The summed E-state index contributed by atoms with van der Waals surface area (Å²) in [6.07, 6.45) is 2.08. The van der Waals surface area contributed by atoms with Crippen LogP contribution in [-0.4, -0.2) is 33.9 Å². The number of hydrogen-bond donors (Lipinski definition) is 0. The van der Waals surface area contributed by atoms with Crippen molar-refractivity contribution in [2.45, 2.75) is 37.3 Å². The summed E-state index contributed by atoms with van der Waals surface area (Å²) in [5.41, 5.74) is 1.89. The van der Waals surface area contributed by atoms with E-state index < -0.39 is 0 Å². The summed E-state index contributed by atoms with van der Waals surface area (Å²) in [5, 5.41) is 1.06. The lowest BCUT2D eigenvalue weighted by molar-refractivity contribution is 0.0691. The number of piperidine rings is 1. The van der Waals surface area contributed by atoms with Gasteiger partial charge in [0.1, 0.15) is 10.8 Å². The maximum Gasteiger partial charge on any atom is 0.272 e. The van der Waals surface area contributed by atoms with Gasteiger partial charge in [0.25, 0.3) is 5.91 Å². The topological polar surface area (TPSA) is 46.1 Å². The lowest BCUT2D eigenvalue weighted by atomic mass is 9.99. The summed E-state index contributed by atoms with van der Waals surface area (Å²) in [6, 6.07) is 5.51. The molecule has 1 aliphatic rings. The number of hydrogen-bond acceptors (Lipinski definition) is 4. The van der Waals surface area contributed by atoms with Crippen molar-refractivity contribution < 1.29 is 4.79 Å². The quantitative estimate of drug-likeness (QED) is 0.434. The Kier molecular flexibility index (Phi) is 6.90. The number of halogens is 3. The summed E-state index contributed by atoms with van der Waals surface area (Å²) in [4.78, 5) is 23.9. The highest BCUT2D eigenvalue weighted by atomic mass is 35.5. The summed E-state index contributed by atoms with van der Waals surface area (Å²) in [5.74, 6) is 1.19. The van der Waals surface area contributed by atoms with E-state index in [9.17, 15) is 4.79 Å². The van der Waals surface area contributed by atoms with E-state index >= 15 is 0 Å². The number of rotatable bonds is 4. The van der Waals surface area contributed by atoms with E-state index in [0.29, 0.717) is 38.0 Å². The van der Waals surface area contributed by atoms with E-state index in [-0.39, 0.29) is 11.1 Å². The Hall–Kier alpha value is -1.01. The van der Waals surface area contributed by atoms with Gasteiger partial charge in [0.2, 0.25) is 0 Å². The third-order valence-electron chi connectivity index (χ3n) is 4.62. The van der Waals surface area contributed by atoms with E-state index in [2.05, 4.69) is 16.9 Å². The predicted octanol–water partition coefficient (Wildman–Crippen LogP) is 5.91. The fourth-order valence-electron chi connectivity index (χ4n) is 2.93. The second kappa shape index (κ2) is 8.99. The second-order valence-electron chi connectivity index (χ2n) is 6.72. The zero-order valence-electron chi connectivity index (χ0n) is 15.1. The van der Waals surface area contributed by atoms with Crippen LogP contribution in [-0.2, 0) is 5.75 Å². The minimum atomic E-state index is -0.00684. The molecule has 2 aromatic rings. The lowest BCUT2D eigenvalue weighted by Gasteiger charge is -2.30. The molecule has 0 saturated carbocycles. The van der Waals surface area contributed by atoms with E-state index in [1.54, 1.807) is 13.0 Å². The maximum absolute atomic E-state index is 12.7. The van der Waals surface area contributed by atoms with Crippen LogP contribution in [0.2, 0.25) is 15.2 Å². The smallest absolute Gasteiger partial charge is 0.272 e. The number of likely N-dealkylation sites (tertiary alicyclic amines) is 1. The molecule has 0 spiro atoms. The van der Waals surface area contributed by atoms with Gasteiger partial charge in [-0.1, -0.05) is 47.8 Å². The number of thioether (sulfide) groups is 1. The van der Waals surface area contributed by atoms with Gasteiger partial charge < -0.3 is 4.90 Å². The molecule has 0 radical (unpaired) electrons. The van der Waals surface area contributed by atoms with Gasteiger partial charge >= 0.3 is 0 Å². The zero-order chi connectivity index (χ0) is 19.6. The molecule has 0 bridgehead atoms. The van der Waals surface area contributed by atoms with Crippen LogP contribution in [0.25, 0.3) is 0 Å². The molecule has 27 heavy (non-hydrogen) atoms. The monoisotopic (exact) mass is 443 g/mol. The molecule has 3 heterocycles. The van der Waals surface area contributed by atoms with Crippen LogP contribution in [0.15, 0.2) is 23.1 Å². The highest BCUT2D eigenvalue weighted by Crippen LogP contribution is 2.40. The average molecular weight is 445 g/mol. The maximum atomic E-state index is 12.7. The van der Waals surface area contributed by atoms with Crippen molar-refractivity contribution in [1.82, 2.24) is 14.9 Å². The van der Waals surface area contributed by atoms with Gasteiger partial charge in [0.05, 0.1) is 21.4 Å². The van der Waals surface area contributed by atoms with Crippen LogP contribution < -0.4 is 0 Å². The zero-order valence-corrected chi connectivity index (χ0v) is 18.2. The first kappa shape index (κ1) is 20.7. The molecule has 0 atom stereocenters. The van der Waals surface area contributed by atoms with Gasteiger partial charge in [0.15, 0.2) is 0 Å². The summed E-state index contributed by atoms with van der Waals surface area (Å²) in [7, 11) is 0. The van der Waals surface area contributed by atoms with E-state index in [0.717, 1.165) is 31.6 Å². The Labute approximate surface area is 178 Å². The van der Waals surface area contributed by atoms with Gasteiger partial charge in [-0.15, -0.1) is 11.8 Å². The average Bonchev–Trinajstić information content (AvgIpc) is 2.67. The molecular formula is C19H20Cl3N3OS. The fraction of sp³-hybridized carbons (Fsp3) is 0.421. The minimum absolute atomic E-state index is 0.00684. The molecule has 4 nitrogen and oxygen atoms in total. The molecule has 0 unspecified atom stereocenters. The molecular weight excluding hydrogens is 425 g/mol. The molecule has 2 aromatic heterocycles. The van der Waals surface area contributed by atoms with Crippen molar-refractivity contribution in [1.29, 1.82) is 0 Å². The normalized spacial score (nSPS) is 15.2. The lowest BCUT2D eigenvalue weighted by Crippen LogP contribution is -2.38. The molecule has 0 N–H and O–H groups in total. The third-order valence-corrected chi connectivity index (χ3v) is 7.19. The number of aryl methyl sites for hydroxylation is 1. The van der Waals surface area contributed by atoms with Gasteiger partial charge in [-0.25, -0.2) is 9.97 Å². The molecule has 1 aliphatic heterocycles. The molecule has 8 heteroatoms. The number of amides is 1. The molecule has 1 amide bonds. The summed E-state index contributed by atoms with van der Waals surface area (Å²) in [6.45, 7) is 5.59. The van der Waals surface area contributed by atoms with Gasteiger partial charge in [0, 0.05) is 23.7 Å². The molecule has 0 aromatic carbocycles.